The van der Waals surface area contributed by atoms with Gasteiger partial charge in [-0.2, -0.15) is 4.98 Å². The van der Waals surface area contributed by atoms with Gasteiger partial charge in [-0.05, 0) is 52.8 Å². The van der Waals surface area contributed by atoms with E-state index < -0.39 is 22.4 Å². The number of hydrogen-bond donors (Lipinski definition) is 4. The second-order valence-electron chi connectivity index (χ2n) is 8.29. The smallest absolute Gasteiger partial charge is 0.339 e. The van der Waals surface area contributed by atoms with Crippen LogP contribution in [0.2, 0.25) is 0 Å². The summed E-state index contributed by atoms with van der Waals surface area (Å²) in [5.74, 6) is -0.366. The van der Waals surface area contributed by atoms with Crippen molar-refractivity contribution >= 4 is 34.8 Å². The summed E-state index contributed by atoms with van der Waals surface area (Å²) in [7, 11) is 0. The van der Waals surface area contributed by atoms with Crippen LogP contribution in [-0.4, -0.2) is 39.8 Å². The minimum atomic E-state index is -1.16. The normalized spacial score (nSPS) is 11.2. The molecule has 1 heterocycles. The van der Waals surface area contributed by atoms with Crippen molar-refractivity contribution in [1.29, 1.82) is 0 Å². The molecule has 0 atom stereocenters. The van der Waals surface area contributed by atoms with E-state index in [0.29, 0.717) is 12.4 Å². The Kier molecular flexibility index (Phi) is 7.04. The number of carboxylic acids is 1. The number of carbonyl (C=O) groups is 1. The van der Waals surface area contributed by atoms with Gasteiger partial charge < -0.3 is 30.5 Å². The zero-order valence-corrected chi connectivity index (χ0v) is 19.6. The molecule has 0 amide bonds. The van der Waals surface area contributed by atoms with E-state index in [1.807, 2.05) is 20.8 Å². The Hall–Kier alpha value is -4.15. The summed E-state index contributed by atoms with van der Waals surface area (Å²) in [5.41, 5.74) is -1.16. The summed E-state index contributed by atoms with van der Waals surface area (Å²) in [6, 6.07) is 4.45. The van der Waals surface area contributed by atoms with Crippen LogP contribution in [0.5, 0.6) is 11.5 Å². The summed E-state index contributed by atoms with van der Waals surface area (Å²) < 4.78 is 11.2. The summed E-state index contributed by atoms with van der Waals surface area (Å²) in [6.07, 6.45) is 1.45. The van der Waals surface area contributed by atoms with Crippen molar-refractivity contribution in [1.82, 2.24) is 9.97 Å². The van der Waals surface area contributed by atoms with Crippen molar-refractivity contribution in [3.63, 3.8) is 0 Å². The van der Waals surface area contributed by atoms with Gasteiger partial charge in [0.1, 0.15) is 34.2 Å². The van der Waals surface area contributed by atoms with Crippen LogP contribution in [0, 0.1) is 0 Å². The largest absolute Gasteiger partial charge is 0.492 e. The Morgan fingerprint density at radius 2 is 1.65 bits per heavy atom. The molecule has 3 rings (SSSR count). The van der Waals surface area contributed by atoms with Crippen LogP contribution >= 0.6 is 0 Å². The van der Waals surface area contributed by atoms with E-state index in [0.717, 1.165) is 0 Å². The number of benzene rings is 1. The molecular weight excluding hydrogens is 442 g/mol. The van der Waals surface area contributed by atoms with E-state index in [4.69, 9.17) is 9.47 Å². The standard InChI is InChI=1S/C23H27N5O6/c1-6-33-13-9-8-12(21(31)32)20(34-7-2)15(13)27-22-24-11-10-14(26-22)25-16-17(19(30)18(16)29)28-23(3,4)5/h8-11,28H,6-7H2,1-5H3,(H,31,32)(H2,24,25,26,27). The van der Waals surface area contributed by atoms with Crippen LogP contribution in [0.1, 0.15) is 45.0 Å². The van der Waals surface area contributed by atoms with Gasteiger partial charge in [-0.15, -0.1) is 0 Å². The van der Waals surface area contributed by atoms with Crippen LogP contribution in [0.25, 0.3) is 0 Å². The van der Waals surface area contributed by atoms with Crippen LogP contribution in [0.15, 0.2) is 34.0 Å². The third-order valence-corrected chi connectivity index (χ3v) is 4.49. The first kappa shape index (κ1) is 24.5. The molecule has 0 radical (unpaired) electrons. The van der Waals surface area contributed by atoms with Crippen LogP contribution < -0.4 is 36.3 Å². The molecule has 3 aromatic rings. The number of aromatic nitrogens is 2. The first-order valence-corrected chi connectivity index (χ1v) is 10.7. The first-order chi connectivity index (χ1) is 16.1. The molecule has 34 heavy (non-hydrogen) atoms. The van der Waals surface area contributed by atoms with Gasteiger partial charge in [0.2, 0.25) is 5.95 Å². The molecule has 11 nitrogen and oxygen atoms in total. The van der Waals surface area contributed by atoms with E-state index in [9.17, 15) is 19.5 Å². The number of anilines is 5. The number of hydrogen-bond acceptors (Lipinski definition) is 10. The molecule has 0 spiro atoms. The number of ether oxygens (including phenoxy) is 2. The van der Waals surface area contributed by atoms with Crippen molar-refractivity contribution in [2.45, 2.75) is 40.2 Å². The lowest BCUT2D eigenvalue weighted by Crippen LogP contribution is -2.41. The molecule has 1 aromatic heterocycles. The number of carboxylic acid groups (broad SMARTS) is 1. The first-order valence-electron chi connectivity index (χ1n) is 10.7. The third-order valence-electron chi connectivity index (χ3n) is 4.49. The fraction of sp³-hybridized carbons (Fsp3) is 0.348. The van der Waals surface area contributed by atoms with Gasteiger partial charge in [0.25, 0.3) is 10.9 Å². The Morgan fingerprint density at radius 3 is 2.26 bits per heavy atom. The molecular formula is C23H27N5O6. The molecule has 0 aliphatic rings. The van der Waals surface area contributed by atoms with E-state index in [2.05, 4.69) is 25.9 Å². The monoisotopic (exact) mass is 469 g/mol. The van der Waals surface area contributed by atoms with Crippen LogP contribution in [0.4, 0.5) is 28.8 Å². The van der Waals surface area contributed by atoms with Gasteiger partial charge in [-0.25, -0.2) is 9.78 Å². The maximum Gasteiger partial charge on any atom is 0.339 e. The van der Waals surface area contributed by atoms with Gasteiger partial charge in [-0.1, -0.05) is 0 Å². The predicted molar refractivity (Wildman–Crippen MR) is 129 cm³/mol. The van der Waals surface area contributed by atoms with Gasteiger partial charge in [0, 0.05) is 11.7 Å². The van der Waals surface area contributed by atoms with Gasteiger partial charge >= 0.3 is 5.97 Å². The zero-order valence-electron chi connectivity index (χ0n) is 19.6. The minimum absolute atomic E-state index is 0.0521. The minimum Gasteiger partial charge on any atom is -0.492 e. The van der Waals surface area contributed by atoms with E-state index in [1.165, 1.54) is 24.4 Å². The molecule has 0 saturated carbocycles. The van der Waals surface area contributed by atoms with Crippen molar-refractivity contribution in [3.8, 4) is 11.5 Å². The maximum atomic E-state index is 12.1. The van der Waals surface area contributed by atoms with Crippen molar-refractivity contribution < 1.29 is 19.4 Å². The van der Waals surface area contributed by atoms with Crippen LogP contribution in [-0.2, 0) is 0 Å². The summed E-state index contributed by atoms with van der Waals surface area (Å²) in [6.45, 7) is 9.71. The molecule has 0 aliphatic carbocycles. The number of rotatable bonds is 10. The number of aromatic carboxylic acids is 1. The fourth-order valence-electron chi connectivity index (χ4n) is 3.15. The summed E-state index contributed by atoms with van der Waals surface area (Å²) in [5, 5.41) is 18.4. The zero-order chi connectivity index (χ0) is 25.0. The molecule has 180 valence electrons. The van der Waals surface area contributed by atoms with Crippen molar-refractivity contribution in [2.24, 2.45) is 0 Å². The SMILES string of the molecule is CCOc1ccc(C(=O)O)c(OCC)c1Nc1nccc(Nc2c(NC(C)(C)C)c(=O)c2=O)n1. The van der Waals surface area contributed by atoms with Crippen LogP contribution in [0.3, 0.4) is 0 Å². The molecule has 0 unspecified atom stereocenters. The van der Waals surface area contributed by atoms with Gasteiger partial charge in [0.15, 0.2) is 5.75 Å². The Bertz CT molecular complexity index is 1270. The fourth-order valence-corrected chi connectivity index (χ4v) is 3.15. The highest BCUT2D eigenvalue weighted by Crippen LogP contribution is 2.39. The highest BCUT2D eigenvalue weighted by molar-refractivity contribution is 5.95. The second-order valence-corrected chi connectivity index (χ2v) is 8.29. The quantitative estimate of drug-likeness (QED) is 0.324. The van der Waals surface area contributed by atoms with Gasteiger partial charge in [0.05, 0.1) is 13.2 Å². The average molecular weight is 469 g/mol. The predicted octanol–water partition coefficient (Wildman–Crippen LogP) is 3.27. The van der Waals surface area contributed by atoms with Gasteiger partial charge in [-0.3, -0.25) is 9.59 Å². The number of nitrogens with one attached hydrogen (secondary N) is 3. The lowest BCUT2D eigenvalue weighted by atomic mass is 10.1. The highest BCUT2D eigenvalue weighted by Gasteiger charge is 2.25. The lowest BCUT2D eigenvalue weighted by Gasteiger charge is -2.24. The Morgan fingerprint density at radius 1 is 0.971 bits per heavy atom. The Labute approximate surface area is 195 Å². The van der Waals surface area contributed by atoms with E-state index >= 15 is 0 Å². The molecule has 0 bridgehead atoms. The summed E-state index contributed by atoms with van der Waals surface area (Å²) >= 11 is 0. The highest BCUT2D eigenvalue weighted by atomic mass is 16.5. The Balaban J connectivity index is 1.96. The van der Waals surface area contributed by atoms with Crippen molar-refractivity contribution in [3.05, 3.63) is 50.4 Å². The average Bonchev–Trinajstić information content (AvgIpc) is 2.77. The molecule has 0 aliphatic heterocycles. The molecule has 0 fully saturated rings. The maximum absolute atomic E-state index is 12.1. The van der Waals surface area contributed by atoms with Crippen molar-refractivity contribution in [2.75, 3.05) is 29.2 Å². The molecule has 0 saturated heterocycles. The number of nitrogens with zero attached hydrogens (tertiary/aromatic N) is 2. The molecule has 4 N–H and O–H groups in total. The van der Waals surface area contributed by atoms with E-state index in [-0.39, 0.29) is 46.7 Å². The third kappa shape index (κ3) is 5.25. The lowest BCUT2D eigenvalue weighted by molar-refractivity contribution is 0.0692. The summed E-state index contributed by atoms with van der Waals surface area (Å²) in [4.78, 5) is 44.3. The second kappa shape index (κ2) is 9.77. The van der Waals surface area contributed by atoms with E-state index in [1.54, 1.807) is 13.8 Å². The molecule has 11 heteroatoms. The molecule has 2 aromatic carbocycles. The topological polar surface area (TPSA) is 152 Å².